The summed E-state index contributed by atoms with van der Waals surface area (Å²) < 4.78 is 0. The van der Waals surface area contributed by atoms with Crippen LogP contribution in [0.3, 0.4) is 0 Å². The van der Waals surface area contributed by atoms with Crippen molar-refractivity contribution in [3.8, 4) is 0 Å². The maximum absolute atomic E-state index is 6.17. The average molecular weight is 267 g/mol. The lowest BCUT2D eigenvalue weighted by Gasteiger charge is -2.33. The largest absolute Gasteiger partial charge is 0.380 e. The first-order chi connectivity index (χ1) is 8.58. The molecule has 1 aromatic heterocycles. The zero-order valence-corrected chi connectivity index (χ0v) is 12.3. The number of hydrogen-bond acceptors (Lipinski definition) is 2. The van der Waals surface area contributed by atoms with E-state index in [0.29, 0.717) is 11.2 Å². The van der Waals surface area contributed by atoms with E-state index in [0.717, 1.165) is 17.5 Å². The van der Waals surface area contributed by atoms with E-state index in [-0.39, 0.29) is 0 Å². The first-order valence-corrected chi connectivity index (χ1v) is 7.33. The smallest absolute Gasteiger partial charge is 0.152 e. The van der Waals surface area contributed by atoms with E-state index >= 15 is 0 Å². The highest BCUT2D eigenvalue weighted by molar-refractivity contribution is 6.32. The Hall–Kier alpha value is -0.760. The zero-order valence-electron chi connectivity index (χ0n) is 11.5. The van der Waals surface area contributed by atoms with E-state index in [9.17, 15) is 0 Å². The summed E-state index contributed by atoms with van der Waals surface area (Å²) in [5.74, 6) is 1.62. The number of nitrogens with zero attached hydrogens (tertiary/aromatic N) is 1. The van der Waals surface area contributed by atoms with Gasteiger partial charge in [0, 0.05) is 12.2 Å². The molecule has 0 saturated heterocycles. The third-order valence-electron chi connectivity index (χ3n) is 4.12. The lowest BCUT2D eigenvalue weighted by atomic mass is 9.79. The molecule has 2 atom stereocenters. The van der Waals surface area contributed by atoms with Crippen LogP contribution in [0.2, 0.25) is 5.15 Å². The molecule has 100 valence electrons. The van der Waals surface area contributed by atoms with Crippen LogP contribution in [0.5, 0.6) is 0 Å². The molecule has 2 rings (SSSR count). The van der Waals surface area contributed by atoms with Gasteiger partial charge in [0.2, 0.25) is 0 Å². The predicted octanol–water partition coefficient (Wildman–Crippen LogP) is 4.67. The minimum atomic E-state index is 0.548. The normalized spacial score (nSPS) is 24.3. The van der Waals surface area contributed by atoms with Gasteiger partial charge < -0.3 is 5.32 Å². The van der Waals surface area contributed by atoms with Gasteiger partial charge in [-0.15, -0.1) is 0 Å². The Morgan fingerprint density at radius 3 is 2.83 bits per heavy atom. The third kappa shape index (κ3) is 3.17. The quantitative estimate of drug-likeness (QED) is 0.804. The second kappa shape index (κ2) is 5.92. The number of nitrogens with one attached hydrogen (secondary N) is 1. The summed E-state index contributed by atoms with van der Waals surface area (Å²) in [4.78, 5) is 4.16. The molecule has 2 unspecified atom stereocenters. The maximum Gasteiger partial charge on any atom is 0.152 e. The monoisotopic (exact) mass is 266 g/mol. The van der Waals surface area contributed by atoms with Crippen LogP contribution in [0.15, 0.2) is 12.3 Å². The molecule has 1 heterocycles. The van der Waals surface area contributed by atoms with Crippen LogP contribution < -0.4 is 5.32 Å². The Morgan fingerprint density at radius 2 is 2.17 bits per heavy atom. The van der Waals surface area contributed by atoms with Gasteiger partial charge in [-0.05, 0) is 43.2 Å². The second-order valence-corrected chi connectivity index (χ2v) is 6.16. The maximum atomic E-state index is 6.17. The van der Waals surface area contributed by atoms with Crippen LogP contribution in [0.1, 0.15) is 45.1 Å². The fourth-order valence-corrected chi connectivity index (χ4v) is 3.13. The number of rotatable bonds is 3. The first kappa shape index (κ1) is 13.7. The number of aromatic nitrogens is 1. The molecular weight excluding hydrogens is 244 g/mol. The van der Waals surface area contributed by atoms with Crippen LogP contribution in [0.4, 0.5) is 5.69 Å². The van der Waals surface area contributed by atoms with E-state index in [1.165, 1.54) is 31.2 Å². The lowest BCUT2D eigenvalue weighted by Crippen LogP contribution is -2.29. The van der Waals surface area contributed by atoms with Crippen molar-refractivity contribution in [2.45, 2.75) is 52.5 Å². The van der Waals surface area contributed by atoms with Gasteiger partial charge in [0.25, 0.3) is 0 Å². The molecule has 0 spiro atoms. The van der Waals surface area contributed by atoms with Crippen molar-refractivity contribution in [3.63, 3.8) is 0 Å². The first-order valence-electron chi connectivity index (χ1n) is 6.95. The van der Waals surface area contributed by atoms with E-state index < -0.39 is 0 Å². The summed E-state index contributed by atoms with van der Waals surface area (Å²) >= 11 is 6.17. The van der Waals surface area contributed by atoms with Crippen molar-refractivity contribution >= 4 is 17.3 Å². The van der Waals surface area contributed by atoms with Crippen molar-refractivity contribution in [1.29, 1.82) is 0 Å². The highest BCUT2D eigenvalue weighted by Gasteiger charge is 2.24. The average Bonchev–Trinajstić information content (AvgIpc) is 2.34. The van der Waals surface area contributed by atoms with Gasteiger partial charge in [0.15, 0.2) is 5.15 Å². The van der Waals surface area contributed by atoms with Gasteiger partial charge in [0.1, 0.15) is 0 Å². The van der Waals surface area contributed by atoms with E-state index in [1.807, 2.05) is 6.07 Å². The molecule has 2 nitrogen and oxygen atoms in total. The predicted molar refractivity (Wildman–Crippen MR) is 78.2 cm³/mol. The molecule has 0 amide bonds. The molecule has 0 aromatic carbocycles. The molecule has 1 aromatic rings. The molecule has 1 aliphatic carbocycles. The summed E-state index contributed by atoms with van der Waals surface area (Å²) in [5, 5.41) is 4.21. The highest BCUT2D eigenvalue weighted by Crippen LogP contribution is 2.33. The van der Waals surface area contributed by atoms with Gasteiger partial charge in [-0.2, -0.15) is 0 Å². The number of halogens is 1. The Labute approximate surface area is 115 Å². The van der Waals surface area contributed by atoms with Crippen molar-refractivity contribution in [2.24, 2.45) is 11.8 Å². The van der Waals surface area contributed by atoms with Gasteiger partial charge in [0.05, 0.1) is 5.69 Å². The number of pyridine rings is 1. The fourth-order valence-electron chi connectivity index (χ4n) is 2.87. The molecule has 1 fully saturated rings. The highest BCUT2D eigenvalue weighted by atomic mass is 35.5. The molecule has 0 aliphatic heterocycles. The minimum Gasteiger partial charge on any atom is -0.380 e. The van der Waals surface area contributed by atoms with Crippen molar-refractivity contribution in [1.82, 2.24) is 4.98 Å². The SMILES string of the molecule is Cc1ccnc(Cl)c1NC1CCCC(C(C)C)C1. The van der Waals surface area contributed by atoms with Crippen molar-refractivity contribution < 1.29 is 0 Å². The van der Waals surface area contributed by atoms with Crippen molar-refractivity contribution in [2.75, 3.05) is 5.32 Å². The number of aryl methyl sites for hydroxylation is 1. The van der Waals surface area contributed by atoms with Gasteiger partial charge in [-0.3, -0.25) is 0 Å². The molecule has 1 aliphatic rings. The summed E-state index contributed by atoms with van der Waals surface area (Å²) in [6, 6.07) is 2.56. The van der Waals surface area contributed by atoms with Crippen LogP contribution >= 0.6 is 11.6 Å². The topological polar surface area (TPSA) is 24.9 Å². The van der Waals surface area contributed by atoms with E-state index in [2.05, 4.69) is 31.1 Å². The van der Waals surface area contributed by atoms with Crippen LogP contribution in [-0.2, 0) is 0 Å². The lowest BCUT2D eigenvalue weighted by molar-refractivity contribution is 0.264. The standard InChI is InChI=1S/C15H23ClN2/c1-10(2)12-5-4-6-13(9-12)18-14-11(3)7-8-17-15(14)16/h7-8,10,12-13,18H,4-6,9H2,1-3H3. The molecule has 0 radical (unpaired) electrons. The zero-order chi connectivity index (χ0) is 13.1. The van der Waals surface area contributed by atoms with Crippen LogP contribution in [0.25, 0.3) is 0 Å². The minimum absolute atomic E-state index is 0.548. The van der Waals surface area contributed by atoms with E-state index in [1.54, 1.807) is 6.20 Å². The number of hydrogen-bond donors (Lipinski definition) is 1. The van der Waals surface area contributed by atoms with E-state index in [4.69, 9.17) is 11.6 Å². The second-order valence-electron chi connectivity index (χ2n) is 5.81. The Balaban J connectivity index is 2.05. The van der Waals surface area contributed by atoms with Gasteiger partial charge in [-0.25, -0.2) is 4.98 Å². The summed E-state index contributed by atoms with van der Waals surface area (Å²) in [5.41, 5.74) is 2.20. The molecule has 18 heavy (non-hydrogen) atoms. The van der Waals surface area contributed by atoms with Crippen LogP contribution in [0, 0.1) is 18.8 Å². The van der Waals surface area contributed by atoms with Gasteiger partial charge >= 0.3 is 0 Å². The molecular formula is C15H23ClN2. The van der Waals surface area contributed by atoms with Crippen LogP contribution in [-0.4, -0.2) is 11.0 Å². The molecule has 3 heteroatoms. The molecule has 1 N–H and O–H groups in total. The van der Waals surface area contributed by atoms with Gasteiger partial charge in [-0.1, -0.05) is 38.3 Å². The summed E-state index contributed by atoms with van der Waals surface area (Å²) in [7, 11) is 0. The summed E-state index contributed by atoms with van der Waals surface area (Å²) in [6.07, 6.45) is 6.95. The third-order valence-corrected chi connectivity index (χ3v) is 4.41. The number of anilines is 1. The Kier molecular flexibility index (Phi) is 4.50. The fraction of sp³-hybridized carbons (Fsp3) is 0.667. The molecule has 0 bridgehead atoms. The Morgan fingerprint density at radius 1 is 1.39 bits per heavy atom. The Bertz CT molecular complexity index is 383. The molecule has 1 saturated carbocycles. The van der Waals surface area contributed by atoms with Crippen molar-refractivity contribution in [3.05, 3.63) is 23.0 Å². The summed E-state index contributed by atoms with van der Waals surface area (Å²) in [6.45, 7) is 6.74.